The molecule has 6 nitrogen and oxygen atoms in total. The number of hydrogen-bond acceptors (Lipinski definition) is 5. The first-order chi connectivity index (χ1) is 7.95. The number of esters is 1. The number of carbonyl (C=O) groups is 1. The van der Waals surface area contributed by atoms with E-state index in [2.05, 4.69) is 4.74 Å². The van der Waals surface area contributed by atoms with Gasteiger partial charge in [-0.25, -0.2) is 8.42 Å². The van der Waals surface area contributed by atoms with Crippen LogP contribution in [0.5, 0.6) is 0 Å². The van der Waals surface area contributed by atoms with Gasteiger partial charge in [0.05, 0.1) is 19.0 Å². The van der Waals surface area contributed by atoms with Gasteiger partial charge in [-0.1, -0.05) is 0 Å². The van der Waals surface area contributed by atoms with Crippen LogP contribution in [0.3, 0.4) is 0 Å². The first kappa shape index (κ1) is 14.4. The maximum Gasteiger partial charge on any atom is 0.305 e. The van der Waals surface area contributed by atoms with Gasteiger partial charge in [-0.15, -0.1) is 0 Å². The SMILES string of the molecule is COC(=O)CCCS(=O)(=O)N1CCC[C@H](O)C1. The van der Waals surface area contributed by atoms with Crippen molar-refractivity contribution in [1.29, 1.82) is 0 Å². The van der Waals surface area contributed by atoms with Crippen molar-refractivity contribution >= 4 is 16.0 Å². The average Bonchev–Trinajstić information content (AvgIpc) is 2.28. The number of β-amino-alcohol motifs (C(OH)–C–C–N with tert-alkyl or cyclic N) is 1. The Morgan fingerprint density at radius 2 is 2.24 bits per heavy atom. The molecule has 1 saturated heterocycles. The van der Waals surface area contributed by atoms with Crippen LogP contribution in [0.15, 0.2) is 0 Å². The molecule has 0 radical (unpaired) electrons. The molecule has 0 spiro atoms. The predicted molar refractivity (Wildman–Crippen MR) is 61.9 cm³/mol. The van der Waals surface area contributed by atoms with Gasteiger partial charge >= 0.3 is 5.97 Å². The van der Waals surface area contributed by atoms with E-state index in [0.29, 0.717) is 19.4 Å². The summed E-state index contributed by atoms with van der Waals surface area (Å²) in [7, 11) is -2.08. The Balaban J connectivity index is 2.42. The highest BCUT2D eigenvalue weighted by Crippen LogP contribution is 2.15. The molecule has 1 fully saturated rings. The molecular formula is C10H19NO5S. The van der Waals surface area contributed by atoms with Crippen molar-refractivity contribution in [3.8, 4) is 0 Å². The first-order valence-corrected chi connectivity index (χ1v) is 7.29. The second-order valence-corrected chi connectivity index (χ2v) is 6.24. The fourth-order valence-electron chi connectivity index (χ4n) is 1.80. The smallest absolute Gasteiger partial charge is 0.305 e. The molecule has 0 aromatic carbocycles. The molecule has 1 aliphatic rings. The lowest BCUT2D eigenvalue weighted by Gasteiger charge is -2.29. The molecule has 0 bridgehead atoms. The summed E-state index contributed by atoms with van der Waals surface area (Å²) in [5.41, 5.74) is 0. The molecule has 1 N–H and O–H groups in total. The number of sulfonamides is 1. The van der Waals surface area contributed by atoms with Crippen LogP contribution < -0.4 is 0 Å². The lowest BCUT2D eigenvalue weighted by atomic mass is 10.1. The summed E-state index contributed by atoms with van der Waals surface area (Å²) in [6.07, 6.45) is 1.11. The summed E-state index contributed by atoms with van der Waals surface area (Å²) < 4.78 is 29.5. The summed E-state index contributed by atoms with van der Waals surface area (Å²) in [6, 6.07) is 0. The van der Waals surface area contributed by atoms with E-state index < -0.39 is 22.1 Å². The van der Waals surface area contributed by atoms with Gasteiger partial charge in [0.25, 0.3) is 0 Å². The number of rotatable bonds is 5. The van der Waals surface area contributed by atoms with E-state index in [0.717, 1.165) is 0 Å². The van der Waals surface area contributed by atoms with Crippen molar-refractivity contribution in [3.05, 3.63) is 0 Å². The number of hydrogen-bond donors (Lipinski definition) is 1. The zero-order valence-electron chi connectivity index (χ0n) is 9.96. The number of nitrogens with zero attached hydrogens (tertiary/aromatic N) is 1. The van der Waals surface area contributed by atoms with E-state index in [9.17, 15) is 18.3 Å². The maximum absolute atomic E-state index is 11.9. The monoisotopic (exact) mass is 265 g/mol. The first-order valence-electron chi connectivity index (χ1n) is 5.68. The third-order valence-electron chi connectivity index (χ3n) is 2.76. The molecule has 0 aliphatic carbocycles. The van der Waals surface area contributed by atoms with Crippen LogP contribution in [0.4, 0.5) is 0 Å². The Bertz CT molecular complexity index is 354. The molecule has 0 aromatic rings. The number of aliphatic hydroxyl groups is 1. The van der Waals surface area contributed by atoms with Gasteiger partial charge in [0.1, 0.15) is 0 Å². The van der Waals surface area contributed by atoms with Gasteiger partial charge in [-0.3, -0.25) is 4.79 Å². The Hall–Kier alpha value is -0.660. The largest absolute Gasteiger partial charge is 0.469 e. The Morgan fingerprint density at radius 3 is 2.82 bits per heavy atom. The molecule has 1 aliphatic heterocycles. The van der Waals surface area contributed by atoms with E-state index in [-0.39, 0.29) is 25.1 Å². The Labute approximate surface area is 102 Å². The molecule has 0 aromatic heterocycles. The maximum atomic E-state index is 11.9. The number of carbonyl (C=O) groups excluding carboxylic acids is 1. The van der Waals surface area contributed by atoms with Crippen molar-refractivity contribution in [2.45, 2.75) is 31.8 Å². The summed E-state index contributed by atoms with van der Waals surface area (Å²) in [5, 5.41) is 9.41. The fraction of sp³-hybridized carbons (Fsp3) is 0.900. The minimum Gasteiger partial charge on any atom is -0.469 e. The van der Waals surface area contributed by atoms with E-state index in [1.165, 1.54) is 11.4 Å². The lowest BCUT2D eigenvalue weighted by molar-refractivity contribution is -0.140. The molecule has 1 rings (SSSR count). The van der Waals surface area contributed by atoms with Crippen LogP contribution in [0.2, 0.25) is 0 Å². The van der Waals surface area contributed by atoms with E-state index in [1.807, 2.05) is 0 Å². The molecule has 0 unspecified atom stereocenters. The van der Waals surface area contributed by atoms with Crippen LogP contribution in [-0.4, -0.2) is 55.9 Å². The molecular weight excluding hydrogens is 246 g/mol. The number of aliphatic hydroxyl groups excluding tert-OH is 1. The van der Waals surface area contributed by atoms with Crippen LogP contribution in [0.1, 0.15) is 25.7 Å². The lowest BCUT2D eigenvalue weighted by Crippen LogP contribution is -2.43. The molecule has 17 heavy (non-hydrogen) atoms. The third-order valence-corrected chi connectivity index (χ3v) is 4.69. The van der Waals surface area contributed by atoms with Gasteiger partial charge in [-0.05, 0) is 19.3 Å². The van der Waals surface area contributed by atoms with Gasteiger partial charge < -0.3 is 9.84 Å². The summed E-state index contributed by atoms with van der Waals surface area (Å²) >= 11 is 0. The molecule has 0 saturated carbocycles. The van der Waals surface area contributed by atoms with Gasteiger partial charge in [-0.2, -0.15) is 4.31 Å². The summed E-state index contributed by atoms with van der Waals surface area (Å²) in [4.78, 5) is 10.9. The second-order valence-electron chi connectivity index (χ2n) is 4.15. The summed E-state index contributed by atoms with van der Waals surface area (Å²) in [6.45, 7) is 0.623. The minimum absolute atomic E-state index is 0.0746. The molecule has 1 atom stereocenters. The van der Waals surface area contributed by atoms with Crippen molar-refractivity contribution in [3.63, 3.8) is 0 Å². The van der Waals surface area contributed by atoms with Crippen molar-refractivity contribution in [2.24, 2.45) is 0 Å². The molecule has 0 amide bonds. The van der Waals surface area contributed by atoms with Crippen LogP contribution >= 0.6 is 0 Å². The van der Waals surface area contributed by atoms with Crippen molar-refractivity contribution < 1.29 is 23.1 Å². The topological polar surface area (TPSA) is 83.9 Å². The van der Waals surface area contributed by atoms with E-state index >= 15 is 0 Å². The van der Waals surface area contributed by atoms with Gasteiger partial charge in [0, 0.05) is 19.5 Å². The zero-order valence-corrected chi connectivity index (χ0v) is 10.8. The number of ether oxygens (including phenoxy) is 1. The van der Waals surface area contributed by atoms with Gasteiger partial charge in [0.2, 0.25) is 10.0 Å². The third kappa shape index (κ3) is 4.61. The van der Waals surface area contributed by atoms with Crippen molar-refractivity contribution in [2.75, 3.05) is 26.0 Å². The molecule has 100 valence electrons. The van der Waals surface area contributed by atoms with E-state index in [4.69, 9.17) is 0 Å². The van der Waals surface area contributed by atoms with Crippen LogP contribution in [-0.2, 0) is 19.6 Å². The molecule has 1 heterocycles. The van der Waals surface area contributed by atoms with Gasteiger partial charge in [0.15, 0.2) is 0 Å². The quantitative estimate of drug-likeness (QED) is 0.692. The second kappa shape index (κ2) is 6.32. The summed E-state index contributed by atoms with van der Waals surface area (Å²) in [5.74, 6) is -0.478. The van der Waals surface area contributed by atoms with Crippen molar-refractivity contribution in [1.82, 2.24) is 4.31 Å². The fourth-order valence-corrected chi connectivity index (χ4v) is 3.38. The predicted octanol–water partition coefficient (Wildman–Crippen LogP) is -0.274. The standard InChI is InChI=1S/C10H19NO5S/c1-16-10(13)5-3-7-17(14,15)11-6-2-4-9(12)8-11/h9,12H,2-8H2,1H3/t9-/m0/s1. The zero-order chi connectivity index (χ0) is 12.9. The highest BCUT2D eigenvalue weighted by molar-refractivity contribution is 7.89. The number of piperidine rings is 1. The normalized spacial score (nSPS) is 22.4. The minimum atomic E-state index is -3.35. The number of methoxy groups -OCH3 is 1. The average molecular weight is 265 g/mol. The Morgan fingerprint density at radius 1 is 1.53 bits per heavy atom. The highest BCUT2D eigenvalue weighted by Gasteiger charge is 2.27. The van der Waals surface area contributed by atoms with E-state index in [1.54, 1.807) is 0 Å². The Kier molecular flexibility index (Phi) is 5.35. The molecule has 7 heteroatoms. The van der Waals surface area contributed by atoms with Crippen LogP contribution in [0.25, 0.3) is 0 Å². The van der Waals surface area contributed by atoms with Crippen LogP contribution in [0, 0.1) is 0 Å². The highest BCUT2D eigenvalue weighted by atomic mass is 32.2.